The fourth-order valence-corrected chi connectivity index (χ4v) is 3.30. The van der Waals surface area contributed by atoms with Crippen molar-refractivity contribution in [3.63, 3.8) is 0 Å². The molecule has 0 spiro atoms. The monoisotopic (exact) mass is 378 g/mol. The maximum atomic E-state index is 13.1. The lowest BCUT2D eigenvalue weighted by Crippen LogP contribution is -2.39. The topological polar surface area (TPSA) is 83.9 Å². The second-order valence-electron chi connectivity index (χ2n) is 6.60. The molecule has 0 aliphatic carbocycles. The molecule has 4 rings (SSSR count). The van der Waals surface area contributed by atoms with E-state index in [1.54, 1.807) is 29.6 Å². The van der Waals surface area contributed by atoms with E-state index >= 15 is 0 Å². The summed E-state index contributed by atoms with van der Waals surface area (Å²) in [6.45, 7) is 1.25. The van der Waals surface area contributed by atoms with Crippen LogP contribution in [-0.2, 0) is 0 Å². The number of hydrogen-bond donors (Lipinski definition) is 1. The minimum absolute atomic E-state index is 0.0882. The van der Waals surface area contributed by atoms with Crippen LogP contribution >= 0.6 is 0 Å². The number of amides is 1. The summed E-state index contributed by atoms with van der Waals surface area (Å²) in [4.78, 5) is 31.6. The summed E-state index contributed by atoms with van der Waals surface area (Å²) in [7, 11) is 0. The number of hydrogen-bond acceptors (Lipinski definition) is 6. The molecule has 8 heteroatoms. The average Bonchev–Trinajstić information content (AvgIpc) is 2.75. The van der Waals surface area contributed by atoms with Crippen LogP contribution in [-0.4, -0.2) is 43.8 Å². The van der Waals surface area contributed by atoms with Crippen molar-refractivity contribution in [2.24, 2.45) is 0 Å². The molecule has 0 saturated carbocycles. The number of likely N-dealkylation sites (tertiary alicyclic amines) is 1. The Morgan fingerprint density at radius 2 is 1.79 bits per heavy atom. The van der Waals surface area contributed by atoms with Gasteiger partial charge in [0.25, 0.3) is 5.91 Å². The molecule has 1 fully saturated rings. The van der Waals surface area contributed by atoms with Crippen LogP contribution in [0.25, 0.3) is 0 Å². The molecule has 2 aromatic heterocycles. The zero-order chi connectivity index (χ0) is 19.3. The molecule has 1 aliphatic rings. The van der Waals surface area contributed by atoms with Gasteiger partial charge in [-0.25, -0.2) is 24.3 Å². The molecule has 0 bridgehead atoms. The largest absolute Gasteiger partial charge is 0.338 e. The maximum absolute atomic E-state index is 13.1. The smallest absolute Gasteiger partial charge is 0.253 e. The minimum Gasteiger partial charge on any atom is -0.338 e. The first-order valence-corrected chi connectivity index (χ1v) is 9.11. The Morgan fingerprint density at radius 1 is 1.04 bits per heavy atom. The standard InChI is InChI=1S/C20H19FN6O/c21-16-6-4-14(5-7-16)18(28)27-12-1-3-15(13-27)17-8-11-24-20(25-17)26-19-22-9-2-10-23-19/h2,4-11,15H,1,3,12-13H2,(H,22,23,24,25,26)/t15-/m1/s1. The Labute approximate surface area is 161 Å². The van der Waals surface area contributed by atoms with Crippen LogP contribution in [0.5, 0.6) is 0 Å². The van der Waals surface area contributed by atoms with E-state index in [1.807, 2.05) is 6.07 Å². The summed E-state index contributed by atoms with van der Waals surface area (Å²) in [5.41, 5.74) is 1.36. The van der Waals surface area contributed by atoms with E-state index in [4.69, 9.17) is 0 Å². The van der Waals surface area contributed by atoms with Gasteiger partial charge in [0, 0.05) is 43.2 Å². The molecule has 1 amide bonds. The van der Waals surface area contributed by atoms with Crippen LogP contribution in [0.4, 0.5) is 16.3 Å². The normalized spacial score (nSPS) is 16.6. The van der Waals surface area contributed by atoms with E-state index in [0.717, 1.165) is 18.5 Å². The van der Waals surface area contributed by atoms with Crippen LogP contribution in [0.1, 0.15) is 34.8 Å². The molecule has 0 unspecified atom stereocenters. The quantitative estimate of drug-likeness (QED) is 0.751. The van der Waals surface area contributed by atoms with E-state index in [2.05, 4.69) is 25.3 Å². The van der Waals surface area contributed by atoms with Gasteiger partial charge < -0.3 is 4.90 Å². The number of anilines is 2. The second-order valence-corrected chi connectivity index (χ2v) is 6.60. The zero-order valence-corrected chi connectivity index (χ0v) is 15.1. The molecule has 1 atom stereocenters. The van der Waals surface area contributed by atoms with Crippen molar-refractivity contribution in [3.8, 4) is 0 Å². The average molecular weight is 378 g/mol. The lowest BCUT2D eigenvalue weighted by Gasteiger charge is -2.32. The Kier molecular flexibility index (Phi) is 5.18. The highest BCUT2D eigenvalue weighted by atomic mass is 19.1. The number of rotatable bonds is 4. The predicted octanol–water partition coefficient (Wildman–Crippen LogP) is 3.17. The SMILES string of the molecule is O=C(c1ccc(F)cc1)N1CCC[C@@H](c2ccnc(Nc3ncccn3)n2)C1. The van der Waals surface area contributed by atoms with Crippen LogP contribution in [0, 0.1) is 5.82 Å². The van der Waals surface area contributed by atoms with E-state index in [0.29, 0.717) is 30.5 Å². The summed E-state index contributed by atoms with van der Waals surface area (Å²) in [5.74, 6) is 0.520. The van der Waals surface area contributed by atoms with Crippen molar-refractivity contribution in [3.05, 3.63) is 72.1 Å². The van der Waals surface area contributed by atoms with Crippen LogP contribution in [0.15, 0.2) is 55.0 Å². The van der Waals surface area contributed by atoms with Crippen molar-refractivity contribution in [1.29, 1.82) is 0 Å². The van der Waals surface area contributed by atoms with Gasteiger partial charge in [0.2, 0.25) is 11.9 Å². The van der Waals surface area contributed by atoms with Gasteiger partial charge in [0.15, 0.2) is 0 Å². The molecule has 7 nitrogen and oxygen atoms in total. The fraction of sp³-hybridized carbons (Fsp3) is 0.250. The summed E-state index contributed by atoms with van der Waals surface area (Å²) < 4.78 is 13.1. The Bertz CT molecular complexity index is 950. The Morgan fingerprint density at radius 3 is 2.57 bits per heavy atom. The van der Waals surface area contributed by atoms with Crippen LogP contribution in [0.3, 0.4) is 0 Å². The second kappa shape index (κ2) is 8.08. The van der Waals surface area contributed by atoms with Gasteiger partial charge in [-0.2, -0.15) is 0 Å². The van der Waals surface area contributed by atoms with E-state index < -0.39 is 0 Å². The molecule has 142 valence electrons. The van der Waals surface area contributed by atoms with E-state index in [1.165, 1.54) is 24.3 Å². The first-order valence-electron chi connectivity index (χ1n) is 9.11. The van der Waals surface area contributed by atoms with Crippen LogP contribution < -0.4 is 5.32 Å². The molecule has 1 aliphatic heterocycles. The summed E-state index contributed by atoms with van der Waals surface area (Å²) in [6.07, 6.45) is 6.78. The third kappa shape index (κ3) is 4.11. The van der Waals surface area contributed by atoms with Crippen molar-refractivity contribution >= 4 is 17.8 Å². The molecule has 3 aromatic rings. The highest BCUT2D eigenvalue weighted by molar-refractivity contribution is 5.94. The number of carbonyl (C=O) groups is 1. The Hall–Kier alpha value is -3.42. The lowest BCUT2D eigenvalue weighted by molar-refractivity contribution is 0.0706. The molecule has 0 radical (unpaired) electrons. The van der Waals surface area contributed by atoms with Gasteiger partial charge in [-0.05, 0) is 49.2 Å². The third-order valence-corrected chi connectivity index (χ3v) is 4.68. The third-order valence-electron chi connectivity index (χ3n) is 4.68. The van der Waals surface area contributed by atoms with Gasteiger partial charge in [-0.3, -0.25) is 10.1 Å². The molecule has 1 N–H and O–H groups in total. The summed E-state index contributed by atoms with van der Waals surface area (Å²) in [6, 6.07) is 9.26. The highest BCUT2D eigenvalue weighted by Gasteiger charge is 2.26. The zero-order valence-electron chi connectivity index (χ0n) is 15.1. The number of benzene rings is 1. The molecule has 3 heterocycles. The lowest BCUT2D eigenvalue weighted by atomic mass is 9.94. The molecule has 28 heavy (non-hydrogen) atoms. The van der Waals surface area contributed by atoms with Gasteiger partial charge in [0.1, 0.15) is 5.82 Å². The van der Waals surface area contributed by atoms with Crippen LogP contribution in [0.2, 0.25) is 0 Å². The maximum Gasteiger partial charge on any atom is 0.253 e. The van der Waals surface area contributed by atoms with Gasteiger partial charge in [-0.15, -0.1) is 0 Å². The molecular weight excluding hydrogens is 359 g/mol. The van der Waals surface area contributed by atoms with Gasteiger partial charge >= 0.3 is 0 Å². The number of piperidine rings is 1. The minimum atomic E-state index is -0.350. The first kappa shape index (κ1) is 18.0. The van der Waals surface area contributed by atoms with Gasteiger partial charge in [-0.1, -0.05) is 0 Å². The van der Waals surface area contributed by atoms with Crippen molar-refractivity contribution in [1.82, 2.24) is 24.8 Å². The van der Waals surface area contributed by atoms with Crippen molar-refractivity contribution in [2.45, 2.75) is 18.8 Å². The number of aromatic nitrogens is 4. The summed E-state index contributed by atoms with van der Waals surface area (Å²) in [5, 5.41) is 2.99. The predicted molar refractivity (Wildman–Crippen MR) is 102 cm³/mol. The Balaban J connectivity index is 1.48. The van der Waals surface area contributed by atoms with Crippen molar-refractivity contribution < 1.29 is 9.18 Å². The molecular formula is C20H19FN6O. The first-order chi connectivity index (χ1) is 13.7. The number of nitrogens with zero attached hydrogens (tertiary/aromatic N) is 5. The van der Waals surface area contributed by atoms with Crippen molar-refractivity contribution in [2.75, 3.05) is 18.4 Å². The number of carbonyl (C=O) groups excluding carboxylic acids is 1. The van der Waals surface area contributed by atoms with E-state index in [-0.39, 0.29) is 17.6 Å². The summed E-state index contributed by atoms with van der Waals surface area (Å²) >= 11 is 0. The fourth-order valence-electron chi connectivity index (χ4n) is 3.30. The van der Waals surface area contributed by atoms with Gasteiger partial charge in [0.05, 0.1) is 5.69 Å². The highest BCUT2D eigenvalue weighted by Crippen LogP contribution is 2.27. The van der Waals surface area contributed by atoms with E-state index in [9.17, 15) is 9.18 Å². The number of halogens is 1. The molecule has 1 aromatic carbocycles. The number of nitrogens with one attached hydrogen (secondary N) is 1. The molecule has 1 saturated heterocycles.